The zero-order chi connectivity index (χ0) is 13.1. The Morgan fingerprint density at radius 2 is 2.06 bits per heavy atom. The van der Waals surface area contributed by atoms with Gasteiger partial charge in [-0.25, -0.2) is 4.98 Å². The van der Waals surface area contributed by atoms with E-state index in [2.05, 4.69) is 10.3 Å². The number of rotatable bonds is 3. The predicted molar refractivity (Wildman–Crippen MR) is 76.7 cm³/mol. The number of alkyl halides is 2. The summed E-state index contributed by atoms with van der Waals surface area (Å²) in [5.74, 6) is -0.501. The number of nitrogens with one attached hydrogen (secondary N) is 1. The van der Waals surface area contributed by atoms with Crippen molar-refractivity contribution in [2.45, 2.75) is 4.84 Å². The van der Waals surface area contributed by atoms with Crippen LogP contribution in [0.5, 0.6) is 0 Å². The van der Waals surface area contributed by atoms with Crippen molar-refractivity contribution in [3.63, 3.8) is 0 Å². The quantitative estimate of drug-likeness (QED) is 0.861. The molecule has 0 atom stereocenters. The van der Waals surface area contributed by atoms with Crippen LogP contribution in [0.2, 0.25) is 5.02 Å². The minimum Gasteiger partial charge on any atom is -0.300 e. The number of carbonyl (C=O) groups excluding carboxylic acids is 1. The molecule has 2 rings (SSSR count). The zero-order valence-electron chi connectivity index (χ0n) is 8.86. The molecule has 1 heterocycles. The van der Waals surface area contributed by atoms with Gasteiger partial charge in [0.25, 0.3) is 5.91 Å². The molecule has 0 saturated carbocycles. The highest BCUT2D eigenvalue weighted by molar-refractivity contribution is 7.14. The molecule has 0 aliphatic rings. The average molecular weight is 322 g/mol. The number of anilines is 1. The molecule has 1 aromatic carbocycles. The Hall–Kier alpha value is -0.810. The molecule has 0 unspecified atom stereocenters. The van der Waals surface area contributed by atoms with Crippen LogP contribution in [0.4, 0.5) is 5.13 Å². The standard InChI is InChI=1S/C11H7Cl3N2OS/c12-7-4-2-1-3-6(7)8-5-18-11(15-8)16-10(17)9(13)14/h1-5,9H,(H,15,16,17). The number of halogens is 3. The monoisotopic (exact) mass is 320 g/mol. The molecular formula is C11H7Cl3N2OS. The first-order chi connectivity index (χ1) is 8.58. The second-order valence-electron chi connectivity index (χ2n) is 3.31. The van der Waals surface area contributed by atoms with Gasteiger partial charge in [-0.05, 0) is 6.07 Å². The van der Waals surface area contributed by atoms with E-state index < -0.39 is 10.7 Å². The number of amides is 1. The Morgan fingerprint density at radius 3 is 2.72 bits per heavy atom. The van der Waals surface area contributed by atoms with Gasteiger partial charge in [0, 0.05) is 16.0 Å². The highest BCUT2D eigenvalue weighted by Crippen LogP contribution is 2.30. The van der Waals surface area contributed by atoms with Crippen molar-refractivity contribution in [1.29, 1.82) is 0 Å². The van der Waals surface area contributed by atoms with Crippen molar-refractivity contribution >= 4 is 57.2 Å². The summed E-state index contributed by atoms with van der Waals surface area (Å²) in [6.45, 7) is 0. The smallest absolute Gasteiger partial charge is 0.259 e. The van der Waals surface area contributed by atoms with Crippen LogP contribution in [0.1, 0.15) is 0 Å². The first kappa shape index (κ1) is 13.6. The van der Waals surface area contributed by atoms with Gasteiger partial charge in [0.05, 0.1) is 5.69 Å². The van der Waals surface area contributed by atoms with Crippen molar-refractivity contribution in [2.75, 3.05) is 5.32 Å². The van der Waals surface area contributed by atoms with E-state index in [0.29, 0.717) is 15.8 Å². The number of aromatic nitrogens is 1. The number of benzene rings is 1. The van der Waals surface area contributed by atoms with Gasteiger partial charge in [0.15, 0.2) is 9.97 Å². The molecule has 1 aromatic heterocycles. The van der Waals surface area contributed by atoms with Gasteiger partial charge in [-0.3, -0.25) is 10.1 Å². The van der Waals surface area contributed by atoms with Gasteiger partial charge >= 0.3 is 0 Å². The van der Waals surface area contributed by atoms with E-state index >= 15 is 0 Å². The molecule has 1 N–H and O–H groups in total. The Morgan fingerprint density at radius 1 is 1.33 bits per heavy atom. The maximum Gasteiger partial charge on any atom is 0.259 e. The van der Waals surface area contributed by atoms with Crippen LogP contribution >= 0.6 is 46.1 Å². The fourth-order valence-electron chi connectivity index (χ4n) is 1.28. The highest BCUT2D eigenvalue weighted by Gasteiger charge is 2.14. The number of hydrogen-bond donors (Lipinski definition) is 1. The van der Waals surface area contributed by atoms with Crippen molar-refractivity contribution in [2.24, 2.45) is 0 Å². The van der Waals surface area contributed by atoms with E-state index in [1.54, 1.807) is 11.4 Å². The molecule has 0 fully saturated rings. The molecule has 0 aliphatic carbocycles. The molecule has 0 bridgehead atoms. The average Bonchev–Trinajstić information content (AvgIpc) is 2.77. The summed E-state index contributed by atoms with van der Waals surface area (Å²) in [7, 11) is 0. The van der Waals surface area contributed by atoms with Crippen LogP contribution in [-0.4, -0.2) is 15.7 Å². The van der Waals surface area contributed by atoms with E-state index in [-0.39, 0.29) is 0 Å². The fourth-order valence-corrected chi connectivity index (χ4v) is 2.34. The summed E-state index contributed by atoms with van der Waals surface area (Å²) in [5, 5.41) is 5.35. The van der Waals surface area contributed by atoms with Gasteiger partial charge < -0.3 is 0 Å². The number of nitrogens with zero attached hydrogens (tertiary/aromatic N) is 1. The van der Waals surface area contributed by atoms with Gasteiger partial charge in [-0.1, -0.05) is 53.0 Å². The summed E-state index contributed by atoms with van der Waals surface area (Å²) in [4.78, 5) is 14.4. The normalized spacial score (nSPS) is 10.7. The fraction of sp³-hybridized carbons (Fsp3) is 0.0909. The van der Waals surface area contributed by atoms with Gasteiger partial charge in [-0.2, -0.15) is 0 Å². The maximum absolute atomic E-state index is 11.3. The third-order valence-electron chi connectivity index (χ3n) is 2.08. The van der Waals surface area contributed by atoms with E-state index in [9.17, 15) is 4.79 Å². The van der Waals surface area contributed by atoms with Crippen molar-refractivity contribution in [3.05, 3.63) is 34.7 Å². The molecule has 7 heteroatoms. The first-order valence-electron chi connectivity index (χ1n) is 4.87. The van der Waals surface area contributed by atoms with Gasteiger partial charge in [0.1, 0.15) is 0 Å². The first-order valence-corrected chi connectivity index (χ1v) is 7.00. The number of hydrogen-bond acceptors (Lipinski definition) is 3. The van der Waals surface area contributed by atoms with Crippen LogP contribution < -0.4 is 5.32 Å². The lowest BCUT2D eigenvalue weighted by molar-refractivity contribution is -0.114. The zero-order valence-corrected chi connectivity index (χ0v) is 11.9. The van der Waals surface area contributed by atoms with Crippen molar-refractivity contribution < 1.29 is 4.79 Å². The van der Waals surface area contributed by atoms with E-state index in [0.717, 1.165) is 5.56 Å². The van der Waals surface area contributed by atoms with Gasteiger partial charge in [-0.15, -0.1) is 11.3 Å². The van der Waals surface area contributed by atoms with Crippen molar-refractivity contribution in [3.8, 4) is 11.3 Å². The Balaban J connectivity index is 2.21. The van der Waals surface area contributed by atoms with E-state index in [1.807, 2.05) is 18.2 Å². The third kappa shape index (κ3) is 3.14. The van der Waals surface area contributed by atoms with E-state index in [1.165, 1.54) is 11.3 Å². The molecule has 2 aromatic rings. The second kappa shape index (κ2) is 5.89. The lowest BCUT2D eigenvalue weighted by Crippen LogP contribution is -2.18. The summed E-state index contributed by atoms with van der Waals surface area (Å²) in [6, 6.07) is 7.34. The van der Waals surface area contributed by atoms with Gasteiger partial charge in [0.2, 0.25) is 0 Å². The molecule has 3 nitrogen and oxygen atoms in total. The predicted octanol–water partition coefficient (Wildman–Crippen LogP) is 4.21. The van der Waals surface area contributed by atoms with Crippen LogP contribution in [0.3, 0.4) is 0 Å². The molecule has 0 saturated heterocycles. The summed E-state index contributed by atoms with van der Waals surface area (Å²) < 4.78 is 0. The van der Waals surface area contributed by atoms with Crippen LogP contribution in [0.15, 0.2) is 29.6 Å². The molecule has 1 amide bonds. The highest BCUT2D eigenvalue weighted by atomic mass is 35.5. The van der Waals surface area contributed by atoms with E-state index in [4.69, 9.17) is 34.8 Å². The maximum atomic E-state index is 11.3. The number of thiazole rings is 1. The molecule has 0 spiro atoms. The van der Waals surface area contributed by atoms with Crippen LogP contribution in [0.25, 0.3) is 11.3 Å². The Kier molecular flexibility index (Phi) is 4.45. The lowest BCUT2D eigenvalue weighted by atomic mass is 10.2. The minimum atomic E-state index is -1.11. The summed E-state index contributed by atoms with van der Waals surface area (Å²) in [5.41, 5.74) is 1.51. The molecular weight excluding hydrogens is 315 g/mol. The summed E-state index contributed by atoms with van der Waals surface area (Å²) >= 11 is 18.2. The third-order valence-corrected chi connectivity index (χ3v) is 3.57. The number of carbonyl (C=O) groups is 1. The molecule has 94 valence electrons. The minimum absolute atomic E-state index is 0.432. The molecule has 0 aliphatic heterocycles. The largest absolute Gasteiger partial charge is 0.300 e. The molecule has 0 radical (unpaired) electrons. The van der Waals surface area contributed by atoms with Crippen LogP contribution in [-0.2, 0) is 4.79 Å². The Labute approximate surface area is 123 Å². The second-order valence-corrected chi connectivity index (χ2v) is 5.67. The molecule has 18 heavy (non-hydrogen) atoms. The lowest BCUT2D eigenvalue weighted by Gasteiger charge is -2.01. The van der Waals surface area contributed by atoms with Crippen LogP contribution in [0, 0.1) is 0 Å². The topological polar surface area (TPSA) is 42.0 Å². The van der Waals surface area contributed by atoms with Crippen molar-refractivity contribution in [1.82, 2.24) is 4.98 Å². The Bertz CT molecular complexity index is 571. The SMILES string of the molecule is O=C(Nc1nc(-c2ccccc2Cl)cs1)C(Cl)Cl. The summed E-state index contributed by atoms with van der Waals surface area (Å²) in [6.07, 6.45) is 0.